The number of H-pyrrole nitrogens is 1. The van der Waals surface area contributed by atoms with Gasteiger partial charge < -0.3 is 9.88 Å². The van der Waals surface area contributed by atoms with Gasteiger partial charge in [-0.05, 0) is 12.1 Å². The Hall–Kier alpha value is -1.23. The Bertz CT molecular complexity index is 403. The maximum Gasteiger partial charge on any atom is 0.223 e. The number of aromatic nitrogens is 1. The molecule has 4 nitrogen and oxygen atoms in total. The molecular formula is C12H16N2O2S. The van der Waals surface area contributed by atoms with Gasteiger partial charge in [-0.25, -0.2) is 0 Å². The third-order valence-corrected chi connectivity index (χ3v) is 3.81. The van der Waals surface area contributed by atoms with Crippen LogP contribution in [0.1, 0.15) is 19.0 Å². The van der Waals surface area contributed by atoms with Crippen molar-refractivity contribution in [3.63, 3.8) is 0 Å². The molecule has 0 saturated carbocycles. The minimum atomic E-state index is 0.0917. The lowest BCUT2D eigenvalue weighted by Crippen LogP contribution is -2.28. The molecule has 0 spiro atoms. The van der Waals surface area contributed by atoms with Crippen LogP contribution in [0.3, 0.4) is 0 Å². The number of aromatic amines is 1. The van der Waals surface area contributed by atoms with E-state index in [9.17, 15) is 9.59 Å². The highest BCUT2D eigenvalue weighted by Crippen LogP contribution is 2.24. The largest absolute Gasteiger partial charge is 0.365 e. The molecule has 0 aliphatic carbocycles. The molecule has 1 aromatic heterocycles. The molecule has 0 aromatic carbocycles. The molecule has 2 heterocycles. The zero-order valence-corrected chi connectivity index (χ0v) is 10.6. The van der Waals surface area contributed by atoms with Gasteiger partial charge in [-0.2, -0.15) is 0 Å². The molecule has 0 radical (unpaired) electrons. The Morgan fingerprint density at radius 1 is 1.65 bits per heavy atom. The predicted molar refractivity (Wildman–Crippen MR) is 67.8 cm³/mol. The Morgan fingerprint density at radius 2 is 2.47 bits per heavy atom. The highest BCUT2D eigenvalue weighted by molar-refractivity contribution is 8.14. The Kier molecular flexibility index (Phi) is 3.89. The first kappa shape index (κ1) is 12.2. The number of thioether (sulfide) groups is 1. The summed E-state index contributed by atoms with van der Waals surface area (Å²) in [6, 6.07) is 3.97. The van der Waals surface area contributed by atoms with Crippen molar-refractivity contribution in [1.82, 2.24) is 9.88 Å². The number of carbonyl (C=O) groups is 2. The Balaban J connectivity index is 1.82. The van der Waals surface area contributed by atoms with Crippen LogP contribution in [0.25, 0.3) is 0 Å². The highest BCUT2D eigenvalue weighted by Gasteiger charge is 2.30. The summed E-state index contributed by atoms with van der Waals surface area (Å²) in [6.07, 6.45) is 3.22. The number of carbonyl (C=O) groups excluding carboxylic acids is 2. The molecule has 1 amide bonds. The number of nitrogens with one attached hydrogen (secondary N) is 1. The van der Waals surface area contributed by atoms with E-state index in [-0.39, 0.29) is 16.3 Å². The minimum Gasteiger partial charge on any atom is -0.365 e. The maximum atomic E-state index is 11.7. The van der Waals surface area contributed by atoms with Gasteiger partial charge in [0.1, 0.15) is 0 Å². The number of hydrogen-bond acceptors (Lipinski definition) is 3. The summed E-state index contributed by atoms with van der Waals surface area (Å²) in [5, 5.41) is 0.234. The second kappa shape index (κ2) is 5.40. The highest BCUT2D eigenvalue weighted by atomic mass is 32.2. The van der Waals surface area contributed by atoms with E-state index in [2.05, 4.69) is 4.98 Å². The van der Waals surface area contributed by atoms with Gasteiger partial charge in [0.2, 0.25) is 5.91 Å². The second-order valence-corrected chi connectivity index (χ2v) is 5.70. The summed E-state index contributed by atoms with van der Waals surface area (Å²) in [6.45, 7) is 2.98. The molecule has 1 aliphatic rings. The summed E-state index contributed by atoms with van der Waals surface area (Å²) >= 11 is 1.28. The van der Waals surface area contributed by atoms with Gasteiger partial charge in [-0.1, -0.05) is 11.8 Å². The van der Waals surface area contributed by atoms with E-state index < -0.39 is 0 Å². The van der Waals surface area contributed by atoms with Crippen molar-refractivity contribution in [2.24, 2.45) is 0 Å². The molecule has 1 fully saturated rings. The van der Waals surface area contributed by atoms with Crippen molar-refractivity contribution in [1.29, 1.82) is 0 Å². The molecule has 1 atom stereocenters. The Labute approximate surface area is 105 Å². The average molecular weight is 252 g/mol. The van der Waals surface area contributed by atoms with Gasteiger partial charge in [0.25, 0.3) is 0 Å². The van der Waals surface area contributed by atoms with E-state index in [4.69, 9.17) is 0 Å². The van der Waals surface area contributed by atoms with E-state index in [1.54, 1.807) is 6.92 Å². The van der Waals surface area contributed by atoms with Crippen LogP contribution < -0.4 is 0 Å². The molecule has 17 heavy (non-hydrogen) atoms. The average Bonchev–Trinajstić information content (AvgIpc) is 2.84. The summed E-state index contributed by atoms with van der Waals surface area (Å²) < 4.78 is 0. The molecule has 1 aromatic rings. The van der Waals surface area contributed by atoms with Crippen LogP contribution in [-0.4, -0.2) is 39.2 Å². The van der Waals surface area contributed by atoms with Crippen molar-refractivity contribution in [3.05, 3.63) is 24.0 Å². The third kappa shape index (κ3) is 3.36. The molecule has 92 valence electrons. The first-order valence-electron chi connectivity index (χ1n) is 5.72. The Morgan fingerprint density at radius 3 is 3.12 bits per heavy atom. The van der Waals surface area contributed by atoms with Gasteiger partial charge in [0.05, 0.1) is 0 Å². The standard InChI is InChI=1S/C12H16N2O2S/c1-9(15)17-11-7-12(16)14(8-11)6-4-10-3-2-5-13-10/h2-3,5,11,13H,4,6-8H2,1H3. The second-order valence-electron chi connectivity index (χ2n) is 4.22. The first-order valence-corrected chi connectivity index (χ1v) is 6.60. The van der Waals surface area contributed by atoms with E-state index in [0.717, 1.165) is 18.7 Å². The van der Waals surface area contributed by atoms with Gasteiger partial charge in [0, 0.05) is 50.0 Å². The first-order chi connectivity index (χ1) is 8.15. The zero-order valence-electron chi connectivity index (χ0n) is 9.81. The van der Waals surface area contributed by atoms with E-state index in [1.807, 2.05) is 23.2 Å². The lowest BCUT2D eigenvalue weighted by Gasteiger charge is -2.15. The number of hydrogen-bond donors (Lipinski definition) is 1. The fourth-order valence-electron chi connectivity index (χ4n) is 2.04. The quantitative estimate of drug-likeness (QED) is 0.882. The van der Waals surface area contributed by atoms with Crippen LogP contribution in [0, 0.1) is 0 Å². The van der Waals surface area contributed by atoms with Crippen molar-refractivity contribution >= 4 is 22.8 Å². The third-order valence-electron chi connectivity index (χ3n) is 2.83. The van der Waals surface area contributed by atoms with Crippen molar-refractivity contribution in [3.8, 4) is 0 Å². The van der Waals surface area contributed by atoms with Crippen LogP contribution in [0.2, 0.25) is 0 Å². The molecule has 1 aliphatic heterocycles. The lowest BCUT2D eigenvalue weighted by atomic mass is 10.3. The van der Waals surface area contributed by atoms with Crippen LogP contribution in [0.5, 0.6) is 0 Å². The molecule has 1 saturated heterocycles. The van der Waals surface area contributed by atoms with Crippen molar-refractivity contribution in [2.75, 3.05) is 13.1 Å². The summed E-state index contributed by atoms with van der Waals surface area (Å²) in [5.41, 5.74) is 1.14. The van der Waals surface area contributed by atoms with Crippen molar-refractivity contribution < 1.29 is 9.59 Å². The minimum absolute atomic E-state index is 0.0917. The zero-order chi connectivity index (χ0) is 12.3. The predicted octanol–water partition coefficient (Wildman–Crippen LogP) is 1.44. The monoisotopic (exact) mass is 252 g/mol. The molecule has 5 heteroatoms. The van der Waals surface area contributed by atoms with Crippen molar-refractivity contribution in [2.45, 2.75) is 25.0 Å². The van der Waals surface area contributed by atoms with Gasteiger partial charge in [0.15, 0.2) is 5.12 Å². The fraction of sp³-hybridized carbons (Fsp3) is 0.500. The normalized spacial score (nSPS) is 19.9. The topological polar surface area (TPSA) is 53.2 Å². The van der Waals surface area contributed by atoms with E-state index in [1.165, 1.54) is 11.8 Å². The van der Waals surface area contributed by atoms with Gasteiger partial charge in [-0.15, -0.1) is 0 Å². The molecule has 1 unspecified atom stereocenters. The van der Waals surface area contributed by atoms with E-state index >= 15 is 0 Å². The van der Waals surface area contributed by atoms with Crippen LogP contribution in [-0.2, 0) is 16.0 Å². The number of amides is 1. The van der Waals surface area contributed by atoms with Crippen LogP contribution >= 0.6 is 11.8 Å². The van der Waals surface area contributed by atoms with Crippen LogP contribution in [0.4, 0.5) is 0 Å². The smallest absolute Gasteiger partial charge is 0.223 e. The van der Waals surface area contributed by atoms with E-state index in [0.29, 0.717) is 13.0 Å². The SMILES string of the molecule is CC(=O)SC1CC(=O)N(CCc2ccc[nH]2)C1. The van der Waals surface area contributed by atoms with Gasteiger partial charge >= 0.3 is 0 Å². The lowest BCUT2D eigenvalue weighted by molar-refractivity contribution is -0.127. The summed E-state index contributed by atoms with van der Waals surface area (Å²) in [7, 11) is 0. The number of rotatable bonds is 4. The number of nitrogens with zero attached hydrogens (tertiary/aromatic N) is 1. The number of likely N-dealkylation sites (tertiary alicyclic amines) is 1. The fourth-order valence-corrected chi connectivity index (χ4v) is 2.99. The van der Waals surface area contributed by atoms with Gasteiger partial charge in [-0.3, -0.25) is 9.59 Å². The summed E-state index contributed by atoms with van der Waals surface area (Å²) in [5.74, 6) is 0.162. The maximum absolute atomic E-state index is 11.7. The summed E-state index contributed by atoms with van der Waals surface area (Å²) in [4.78, 5) is 27.7. The molecule has 1 N–H and O–H groups in total. The van der Waals surface area contributed by atoms with Crippen LogP contribution in [0.15, 0.2) is 18.3 Å². The molecular weight excluding hydrogens is 236 g/mol. The molecule has 0 bridgehead atoms. The molecule has 2 rings (SSSR count).